The van der Waals surface area contributed by atoms with Crippen molar-refractivity contribution in [2.24, 2.45) is 5.92 Å². The Balaban J connectivity index is 2.60. The van der Waals surface area contributed by atoms with Gasteiger partial charge in [0.25, 0.3) is 0 Å². The number of nitrogens with zero attached hydrogens (tertiary/aromatic N) is 3. The Morgan fingerprint density at radius 2 is 2.44 bits per heavy atom. The molecule has 0 saturated carbocycles. The molecule has 7 heteroatoms. The van der Waals surface area contributed by atoms with Crippen molar-refractivity contribution in [2.45, 2.75) is 20.4 Å². The van der Waals surface area contributed by atoms with E-state index in [1.807, 2.05) is 6.92 Å². The average molecular weight is 291 g/mol. The van der Waals surface area contributed by atoms with Crippen molar-refractivity contribution < 1.29 is 4.92 Å². The third kappa shape index (κ3) is 3.57. The van der Waals surface area contributed by atoms with Crippen molar-refractivity contribution in [2.75, 3.05) is 13.1 Å². The maximum Gasteiger partial charge on any atom is 0.404 e. The topological polar surface area (TPSA) is 73.0 Å². The quantitative estimate of drug-likeness (QED) is 0.640. The number of aromatic nitrogens is 2. The van der Waals surface area contributed by atoms with Crippen molar-refractivity contribution in [3.8, 4) is 0 Å². The lowest BCUT2D eigenvalue weighted by atomic mass is 10.2. The van der Waals surface area contributed by atoms with E-state index in [1.165, 1.54) is 0 Å². The molecule has 0 radical (unpaired) electrons. The molecule has 90 valence electrons. The molecule has 16 heavy (non-hydrogen) atoms. The number of nitrogens with one attached hydrogen (secondary N) is 1. The molecule has 0 bridgehead atoms. The molecular weight excluding hydrogens is 276 g/mol. The zero-order chi connectivity index (χ0) is 12.1. The van der Waals surface area contributed by atoms with Crippen LogP contribution in [0, 0.1) is 16.0 Å². The van der Waals surface area contributed by atoms with E-state index in [9.17, 15) is 10.1 Å². The molecule has 1 aromatic heterocycles. The Hall–Kier alpha value is -0.950. The Kier molecular flexibility index (Phi) is 4.88. The van der Waals surface area contributed by atoms with Crippen LogP contribution in [0.4, 0.5) is 5.82 Å². The highest BCUT2D eigenvalue weighted by Gasteiger charge is 2.19. The van der Waals surface area contributed by atoms with Gasteiger partial charge in [0.2, 0.25) is 0 Å². The van der Waals surface area contributed by atoms with Crippen LogP contribution in [0.2, 0.25) is 0 Å². The molecule has 1 N–H and O–H groups in total. The predicted molar refractivity (Wildman–Crippen MR) is 64.3 cm³/mol. The predicted octanol–water partition coefficient (Wildman–Crippen LogP) is 1.80. The summed E-state index contributed by atoms with van der Waals surface area (Å²) < 4.78 is 2.03. The highest BCUT2D eigenvalue weighted by atomic mass is 79.9. The summed E-state index contributed by atoms with van der Waals surface area (Å²) in [6.07, 6.45) is 1.64. The molecule has 1 unspecified atom stereocenters. The van der Waals surface area contributed by atoms with Crippen molar-refractivity contribution in [3.05, 3.63) is 20.8 Å². The molecule has 0 aliphatic heterocycles. The number of nitro groups is 1. The van der Waals surface area contributed by atoms with Gasteiger partial charge in [-0.1, -0.05) is 13.8 Å². The third-order valence-corrected chi connectivity index (χ3v) is 2.67. The maximum atomic E-state index is 10.6. The minimum atomic E-state index is -0.491. The molecule has 0 amide bonds. The molecule has 0 saturated heterocycles. The van der Waals surface area contributed by atoms with Gasteiger partial charge in [-0.15, -0.1) is 0 Å². The molecule has 0 fully saturated rings. The standard InChI is InChI=1S/C9H15BrN4O2/c1-3-11-4-7(2)5-13-6-8(10)9(12-13)14(15)16/h6-7,11H,3-5H2,1-2H3. The lowest BCUT2D eigenvalue weighted by Crippen LogP contribution is -2.24. The van der Waals surface area contributed by atoms with Gasteiger partial charge in [-0.25, -0.2) is 0 Å². The van der Waals surface area contributed by atoms with Crippen molar-refractivity contribution in [1.29, 1.82) is 0 Å². The summed E-state index contributed by atoms with van der Waals surface area (Å²) in [5.74, 6) is 0.252. The van der Waals surface area contributed by atoms with Gasteiger partial charge in [0.15, 0.2) is 0 Å². The molecule has 0 aliphatic carbocycles. The van der Waals surface area contributed by atoms with Gasteiger partial charge in [-0.3, -0.25) is 0 Å². The summed E-state index contributed by atoms with van der Waals surface area (Å²) in [7, 11) is 0. The first kappa shape index (κ1) is 13.1. The van der Waals surface area contributed by atoms with Crippen LogP contribution in [0.15, 0.2) is 10.7 Å². The van der Waals surface area contributed by atoms with Crippen LogP contribution < -0.4 is 5.32 Å². The molecule has 0 spiro atoms. The molecule has 6 nitrogen and oxygen atoms in total. The fourth-order valence-corrected chi connectivity index (χ4v) is 1.84. The Bertz CT molecular complexity index is 366. The van der Waals surface area contributed by atoms with E-state index >= 15 is 0 Å². The van der Waals surface area contributed by atoms with E-state index in [2.05, 4.69) is 33.3 Å². The van der Waals surface area contributed by atoms with Gasteiger partial charge >= 0.3 is 5.82 Å². The lowest BCUT2D eigenvalue weighted by Gasteiger charge is -2.09. The second-order valence-corrected chi connectivity index (χ2v) is 4.55. The largest absolute Gasteiger partial charge is 0.404 e. The third-order valence-electron chi connectivity index (χ3n) is 2.11. The first-order valence-electron chi connectivity index (χ1n) is 5.12. The maximum absolute atomic E-state index is 10.6. The van der Waals surface area contributed by atoms with E-state index in [0.29, 0.717) is 16.9 Å². The zero-order valence-corrected chi connectivity index (χ0v) is 10.9. The van der Waals surface area contributed by atoms with Crippen LogP contribution in [0.5, 0.6) is 0 Å². The highest BCUT2D eigenvalue weighted by molar-refractivity contribution is 9.10. The van der Waals surface area contributed by atoms with Crippen molar-refractivity contribution in [1.82, 2.24) is 15.1 Å². The number of rotatable bonds is 6. The fourth-order valence-electron chi connectivity index (χ4n) is 1.38. The molecule has 1 aromatic rings. The summed E-state index contributed by atoms with van der Waals surface area (Å²) in [5, 5.41) is 17.7. The summed E-state index contributed by atoms with van der Waals surface area (Å²) >= 11 is 3.12. The van der Waals surface area contributed by atoms with Gasteiger partial charge in [0.1, 0.15) is 4.47 Å². The van der Waals surface area contributed by atoms with E-state index in [4.69, 9.17) is 0 Å². The molecule has 1 rings (SSSR count). The van der Waals surface area contributed by atoms with Crippen LogP contribution in [-0.2, 0) is 6.54 Å². The van der Waals surface area contributed by atoms with Gasteiger partial charge in [0, 0.05) is 0 Å². The van der Waals surface area contributed by atoms with E-state index < -0.39 is 4.92 Å². The van der Waals surface area contributed by atoms with Gasteiger partial charge in [-0.05, 0) is 39.9 Å². The van der Waals surface area contributed by atoms with Gasteiger partial charge in [-0.2, -0.15) is 4.68 Å². The Labute approximate surface area is 102 Å². The molecular formula is C9H15BrN4O2. The number of halogens is 1. The van der Waals surface area contributed by atoms with Crippen LogP contribution in [-0.4, -0.2) is 27.8 Å². The summed E-state index contributed by atoms with van der Waals surface area (Å²) in [4.78, 5) is 10.1. The number of hydrogen-bond acceptors (Lipinski definition) is 4. The monoisotopic (exact) mass is 290 g/mol. The van der Waals surface area contributed by atoms with Crippen LogP contribution in [0.3, 0.4) is 0 Å². The SMILES string of the molecule is CCNCC(C)Cn1cc(Br)c([N+](=O)[O-])n1. The van der Waals surface area contributed by atoms with Crippen LogP contribution in [0.1, 0.15) is 13.8 Å². The van der Waals surface area contributed by atoms with Crippen molar-refractivity contribution >= 4 is 21.7 Å². The van der Waals surface area contributed by atoms with E-state index in [1.54, 1.807) is 10.9 Å². The molecule has 1 atom stereocenters. The minimum absolute atomic E-state index is 0.129. The summed E-state index contributed by atoms with van der Waals surface area (Å²) in [6, 6.07) is 0. The first-order valence-corrected chi connectivity index (χ1v) is 5.92. The smallest absolute Gasteiger partial charge is 0.358 e. The van der Waals surface area contributed by atoms with Crippen LogP contribution in [0.25, 0.3) is 0 Å². The Morgan fingerprint density at radius 3 is 2.94 bits per heavy atom. The highest BCUT2D eigenvalue weighted by Crippen LogP contribution is 2.22. The van der Waals surface area contributed by atoms with Crippen molar-refractivity contribution in [3.63, 3.8) is 0 Å². The summed E-state index contributed by atoms with van der Waals surface area (Å²) in [6.45, 7) is 6.58. The average Bonchev–Trinajstić information content (AvgIpc) is 2.56. The lowest BCUT2D eigenvalue weighted by molar-refractivity contribution is -0.390. The fraction of sp³-hybridized carbons (Fsp3) is 0.667. The van der Waals surface area contributed by atoms with Gasteiger partial charge in [0.05, 0.1) is 17.8 Å². The van der Waals surface area contributed by atoms with Crippen LogP contribution >= 0.6 is 15.9 Å². The molecule has 0 aliphatic rings. The van der Waals surface area contributed by atoms with E-state index in [-0.39, 0.29) is 5.82 Å². The normalized spacial score (nSPS) is 12.7. The molecule has 0 aromatic carbocycles. The summed E-state index contributed by atoms with van der Waals surface area (Å²) in [5.41, 5.74) is 0. The molecule has 1 heterocycles. The second-order valence-electron chi connectivity index (χ2n) is 3.69. The van der Waals surface area contributed by atoms with E-state index in [0.717, 1.165) is 13.1 Å². The second kappa shape index (κ2) is 5.95. The number of hydrogen-bond donors (Lipinski definition) is 1. The zero-order valence-electron chi connectivity index (χ0n) is 9.31. The first-order chi connectivity index (χ1) is 7.54. The Morgan fingerprint density at radius 1 is 1.75 bits per heavy atom. The van der Waals surface area contributed by atoms with Gasteiger partial charge < -0.3 is 15.4 Å². The minimum Gasteiger partial charge on any atom is -0.358 e.